The topological polar surface area (TPSA) is 164 Å². The number of anilines is 4. The number of halogens is 1. The standard InChI is InChI=1S/C21H17FN6O5S2/c22-16-11-24-21(26-14-2-1-3-15(10-14)35(23,32)33)27-17(16)25-13-6-4-12(5-7-13)18(29)28-8-9-34-20(31)19(28)30/h1-7,10-11H,8-9H2,(H2,23,32,33)(H2,24,25,26,27). The number of nitrogens with zero attached hydrogens (tertiary/aromatic N) is 3. The number of carbonyl (C=O) groups excluding carboxylic acids is 3. The molecule has 180 valence electrons. The van der Waals surface area contributed by atoms with E-state index >= 15 is 0 Å². The van der Waals surface area contributed by atoms with E-state index in [0.29, 0.717) is 17.1 Å². The van der Waals surface area contributed by atoms with E-state index in [1.54, 1.807) is 6.07 Å². The predicted molar refractivity (Wildman–Crippen MR) is 126 cm³/mol. The number of aromatic nitrogens is 2. The van der Waals surface area contributed by atoms with Gasteiger partial charge in [0.05, 0.1) is 11.1 Å². The van der Waals surface area contributed by atoms with Crippen LogP contribution < -0.4 is 15.8 Å². The first kappa shape index (κ1) is 24.3. The van der Waals surface area contributed by atoms with Gasteiger partial charge in [0, 0.05) is 29.2 Å². The summed E-state index contributed by atoms with van der Waals surface area (Å²) in [5, 5.41) is 9.99. The number of imide groups is 1. The lowest BCUT2D eigenvalue weighted by Gasteiger charge is -2.23. The van der Waals surface area contributed by atoms with Crippen molar-refractivity contribution in [2.75, 3.05) is 22.9 Å². The molecule has 1 fully saturated rings. The van der Waals surface area contributed by atoms with Crippen LogP contribution in [0.5, 0.6) is 0 Å². The van der Waals surface area contributed by atoms with Crippen LogP contribution in [-0.4, -0.2) is 52.5 Å². The van der Waals surface area contributed by atoms with E-state index in [9.17, 15) is 27.2 Å². The van der Waals surface area contributed by atoms with Gasteiger partial charge in [-0.3, -0.25) is 19.3 Å². The molecule has 2 amide bonds. The van der Waals surface area contributed by atoms with Gasteiger partial charge in [0.25, 0.3) is 11.0 Å². The summed E-state index contributed by atoms with van der Waals surface area (Å²) in [5.74, 6) is -2.07. The average Bonchev–Trinajstić information content (AvgIpc) is 2.83. The van der Waals surface area contributed by atoms with Gasteiger partial charge in [0.15, 0.2) is 11.6 Å². The van der Waals surface area contributed by atoms with E-state index in [0.717, 1.165) is 22.9 Å². The summed E-state index contributed by atoms with van der Waals surface area (Å²) in [6.45, 7) is 0.135. The van der Waals surface area contributed by atoms with Gasteiger partial charge in [-0.15, -0.1) is 0 Å². The molecule has 1 aliphatic heterocycles. The Hall–Kier alpha value is -3.88. The number of nitrogens with one attached hydrogen (secondary N) is 2. The third kappa shape index (κ3) is 5.62. The summed E-state index contributed by atoms with van der Waals surface area (Å²) in [5.41, 5.74) is 0.892. The highest BCUT2D eigenvalue weighted by Crippen LogP contribution is 2.23. The van der Waals surface area contributed by atoms with Crippen LogP contribution in [0.2, 0.25) is 0 Å². The maximum absolute atomic E-state index is 14.3. The van der Waals surface area contributed by atoms with Gasteiger partial charge in [-0.1, -0.05) is 17.8 Å². The third-order valence-corrected chi connectivity index (χ3v) is 6.50. The highest BCUT2D eigenvalue weighted by Gasteiger charge is 2.32. The molecule has 0 radical (unpaired) electrons. The Morgan fingerprint density at radius 3 is 2.54 bits per heavy atom. The van der Waals surface area contributed by atoms with Crippen LogP contribution in [0, 0.1) is 5.82 Å². The Morgan fingerprint density at radius 2 is 1.83 bits per heavy atom. The van der Waals surface area contributed by atoms with E-state index in [1.807, 2.05) is 0 Å². The second kappa shape index (κ2) is 9.77. The van der Waals surface area contributed by atoms with Crippen LogP contribution in [0.4, 0.5) is 27.5 Å². The van der Waals surface area contributed by atoms with Gasteiger partial charge in [-0.2, -0.15) is 4.98 Å². The molecule has 2 heterocycles. The first-order chi connectivity index (χ1) is 16.6. The fourth-order valence-corrected chi connectivity index (χ4v) is 4.33. The maximum Gasteiger partial charge on any atom is 0.308 e. The summed E-state index contributed by atoms with van der Waals surface area (Å²) < 4.78 is 37.4. The molecule has 4 rings (SSSR count). The molecule has 4 N–H and O–H groups in total. The lowest BCUT2D eigenvalue weighted by Crippen LogP contribution is -2.45. The average molecular weight is 517 g/mol. The molecule has 14 heteroatoms. The number of hydrogen-bond acceptors (Lipinski definition) is 10. The first-order valence-electron chi connectivity index (χ1n) is 9.94. The predicted octanol–water partition coefficient (Wildman–Crippen LogP) is 1.99. The van der Waals surface area contributed by atoms with E-state index in [1.165, 1.54) is 42.5 Å². The van der Waals surface area contributed by atoms with Crippen molar-refractivity contribution in [2.24, 2.45) is 5.14 Å². The molecule has 3 aromatic rings. The van der Waals surface area contributed by atoms with Crippen LogP contribution in [0.25, 0.3) is 0 Å². The number of nitrogens with two attached hydrogens (primary N) is 1. The van der Waals surface area contributed by atoms with Crippen LogP contribution in [0.15, 0.2) is 59.6 Å². The van der Waals surface area contributed by atoms with Gasteiger partial charge in [0.1, 0.15) is 0 Å². The van der Waals surface area contributed by atoms with Crippen LogP contribution in [0.1, 0.15) is 10.4 Å². The van der Waals surface area contributed by atoms with Crippen molar-refractivity contribution < 1.29 is 27.2 Å². The molecular formula is C21H17FN6O5S2. The van der Waals surface area contributed by atoms with Gasteiger partial charge in [-0.25, -0.2) is 22.9 Å². The molecule has 11 nitrogen and oxygen atoms in total. The zero-order valence-corrected chi connectivity index (χ0v) is 19.4. The molecule has 1 aromatic heterocycles. The minimum atomic E-state index is -3.91. The van der Waals surface area contributed by atoms with Gasteiger partial charge in [0.2, 0.25) is 16.0 Å². The molecule has 35 heavy (non-hydrogen) atoms. The van der Waals surface area contributed by atoms with Crippen LogP contribution >= 0.6 is 11.8 Å². The summed E-state index contributed by atoms with van der Waals surface area (Å²) in [7, 11) is -3.91. The van der Waals surface area contributed by atoms with Gasteiger partial charge < -0.3 is 10.6 Å². The Kier molecular flexibility index (Phi) is 6.77. The Balaban J connectivity index is 1.49. The van der Waals surface area contributed by atoms with Gasteiger partial charge >= 0.3 is 5.91 Å². The van der Waals surface area contributed by atoms with Crippen molar-refractivity contribution >= 4 is 61.9 Å². The lowest BCUT2D eigenvalue weighted by molar-refractivity contribution is -0.138. The largest absolute Gasteiger partial charge is 0.338 e. The first-order valence-corrected chi connectivity index (χ1v) is 12.5. The third-order valence-electron chi connectivity index (χ3n) is 4.77. The highest BCUT2D eigenvalue weighted by atomic mass is 32.2. The number of rotatable bonds is 6. The molecule has 1 aliphatic rings. The van der Waals surface area contributed by atoms with E-state index < -0.39 is 32.8 Å². The fraction of sp³-hybridized carbons (Fsp3) is 0.0952. The molecule has 0 aliphatic carbocycles. The fourth-order valence-electron chi connectivity index (χ4n) is 3.08. The van der Waals surface area contributed by atoms with Crippen molar-refractivity contribution in [3.8, 4) is 0 Å². The number of primary sulfonamides is 1. The lowest BCUT2D eigenvalue weighted by atomic mass is 10.1. The van der Waals surface area contributed by atoms with E-state index in [4.69, 9.17) is 5.14 Å². The van der Waals surface area contributed by atoms with Crippen molar-refractivity contribution in [1.82, 2.24) is 14.9 Å². The number of amides is 2. The maximum atomic E-state index is 14.3. The van der Waals surface area contributed by atoms with E-state index in [2.05, 4.69) is 20.6 Å². The molecule has 0 bridgehead atoms. The summed E-state index contributed by atoms with van der Waals surface area (Å²) >= 11 is 0.873. The number of thioether (sulfide) groups is 1. The normalized spacial score (nSPS) is 14.1. The van der Waals surface area contributed by atoms with Crippen molar-refractivity contribution in [2.45, 2.75) is 4.90 Å². The van der Waals surface area contributed by atoms with Crippen molar-refractivity contribution in [1.29, 1.82) is 0 Å². The minimum Gasteiger partial charge on any atom is -0.338 e. The molecule has 2 aromatic carbocycles. The monoisotopic (exact) mass is 516 g/mol. The second-order valence-electron chi connectivity index (χ2n) is 7.19. The quantitative estimate of drug-likeness (QED) is 0.326. The zero-order chi connectivity index (χ0) is 25.2. The van der Waals surface area contributed by atoms with Crippen LogP contribution in [-0.2, 0) is 19.6 Å². The molecule has 0 atom stereocenters. The summed E-state index contributed by atoms with van der Waals surface area (Å²) in [4.78, 5) is 44.7. The van der Waals surface area contributed by atoms with E-state index in [-0.39, 0.29) is 28.8 Å². The number of carbonyl (C=O) groups is 3. The van der Waals surface area contributed by atoms with Crippen LogP contribution in [0.3, 0.4) is 0 Å². The van der Waals surface area contributed by atoms with Gasteiger partial charge in [-0.05, 0) is 42.5 Å². The SMILES string of the molecule is NS(=O)(=O)c1cccc(Nc2ncc(F)c(Nc3ccc(C(=O)N4CCSC(=O)C4=O)cc3)n2)c1. The number of benzene rings is 2. The summed E-state index contributed by atoms with van der Waals surface area (Å²) in [6, 6.07) is 11.5. The molecule has 1 saturated heterocycles. The molecular weight excluding hydrogens is 499 g/mol. The molecule has 0 spiro atoms. The Morgan fingerprint density at radius 1 is 1.09 bits per heavy atom. The molecule has 0 unspecified atom stereocenters. The minimum absolute atomic E-state index is 0.0154. The number of sulfonamides is 1. The smallest absolute Gasteiger partial charge is 0.308 e. The summed E-state index contributed by atoms with van der Waals surface area (Å²) in [6.07, 6.45) is 0.927. The Bertz CT molecular complexity index is 1430. The highest BCUT2D eigenvalue weighted by molar-refractivity contribution is 8.15. The molecule has 0 saturated carbocycles. The zero-order valence-electron chi connectivity index (χ0n) is 17.8. The Labute approximate surface area is 203 Å². The second-order valence-corrected chi connectivity index (χ2v) is 9.82. The van der Waals surface area contributed by atoms with Crippen molar-refractivity contribution in [3.05, 3.63) is 66.1 Å². The van der Waals surface area contributed by atoms with Crippen molar-refractivity contribution in [3.63, 3.8) is 0 Å². The number of hydrogen-bond donors (Lipinski definition) is 3.